The summed E-state index contributed by atoms with van der Waals surface area (Å²) in [6.07, 6.45) is 2.09. The Morgan fingerprint density at radius 2 is 1.96 bits per heavy atom. The molecule has 0 bridgehead atoms. The third kappa shape index (κ3) is 3.33. The van der Waals surface area contributed by atoms with Gasteiger partial charge in [0.15, 0.2) is 11.6 Å². The molecule has 2 fully saturated rings. The van der Waals surface area contributed by atoms with E-state index in [-0.39, 0.29) is 17.9 Å². The smallest absolute Gasteiger partial charge is 0.414 e. The number of thioether (sulfide) groups is 1. The van der Waals surface area contributed by atoms with Crippen LogP contribution in [-0.4, -0.2) is 58.3 Å². The summed E-state index contributed by atoms with van der Waals surface area (Å²) in [5, 5.41) is 7.52. The van der Waals surface area contributed by atoms with Crippen LogP contribution in [0.15, 0.2) is 24.5 Å². The van der Waals surface area contributed by atoms with Crippen LogP contribution in [0, 0.1) is 11.6 Å². The minimum absolute atomic E-state index is 0.0271. The molecule has 10 heteroatoms. The normalized spacial score (nSPS) is 20.5. The summed E-state index contributed by atoms with van der Waals surface area (Å²) in [4.78, 5) is 15.1. The molecule has 0 unspecified atom stereocenters. The quantitative estimate of drug-likeness (QED) is 0.809. The van der Waals surface area contributed by atoms with Crippen LogP contribution in [0.25, 0.3) is 0 Å². The van der Waals surface area contributed by atoms with Gasteiger partial charge in [-0.3, -0.25) is 4.90 Å². The van der Waals surface area contributed by atoms with Crippen LogP contribution >= 0.6 is 11.8 Å². The SMILES string of the molecule is O=C1O[C@@H](Cn2ccnn2)CN1c1cc(F)c(N2CCSCC2)c(F)c1. The van der Waals surface area contributed by atoms with Crippen LogP contribution in [0.4, 0.5) is 25.0 Å². The standard InChI is InChI=1S/C16H17F2N5O2S/c17-13-7-11(8-14(18)15(13)21-3-5-26-6-4-21)23-10-12(25-16(23)24)9-22-2-1-19-20-22/h1-2,7-8,12H,3-6,9-10H2/t12-/m0/s1. The summed E-state index contributed by atoms with van der Waals surface area (Å²) in [6.45, 7) is 1.72. The molecule has 0 aliphatic carbocycles. The highest BCUT2D eigenvalue weighted by Crippen LogP contribution is 2.32. The second-order valence-corrected chi connectivity index (χ2v) is 7.32. The average molecular weight is 381 g/mol. The van der Waals surface area contributed by atoms with Gasteiger partial charge in [0.1, 0.15) is 11.8 Å². The predicted octanol–water partition coefficient (Wildman–Crippen LogP) is 2.13. The van der Waals surface area contributed by atoms with Crippen molar-refractivity contribution in [1.82, 2.24) is 15.0 Å². The molecule has 0 N–H and O–H groups in total. The van der Waals surface area contributed by atoms with E-state index in [1.54, 1.807) is 27.5 Å². The van der Waals surface area contributed by atoms with Gasteiger partial charge in [-0.1, -0.05) is 5.21 Å². The molecule has 26 heavy (non-hydrogen) atoms. The lowest BCUT2D eigenvalue weighted by molar-refractivity contribution is 0.129. The zero-order valence-electron chi connectivity index (χ0n) is 13.8. The molecule has 2 aromatic rings. The van der Waals surface area contributed by atoms with E-state index in [2.05, 4.69) is 10.3 Å². The second-order valence-electron chi connectivity index (χ2n) is 6.10. The fourth-order valence-electron chi connectivity index (χ4n) is 3.16. The monoisotopic (exact) mass is 381 g/mol. The Morgan fingerprint density at radius 1 is 1.23 bits per heavy atom. The van der Waals surface area contributed by atoms with Gasteiger partial charge in [0.05, 0.1) is 25.0 Å². The number of halogens is 2. The maximum absolute atomic E-state index is 14.6. The van der Waals surface area contributed by atoms with Gasteiger partial charge in [-0.15, -0.1) is 5.10 Å². The molecule has 0 spiro atoms. The van der Waals surface area contributed by atoms with E-state index < -0.39 is 23.8 Å². The maximum Gasteiger partial charge on any atom is 0.414 e. The Kier molecular flexibility index (Phi) is 4.66. The highest BCUT2D eigenvalue weighted by Gasteiger charge is 2.34. The van der Waals surface area contributed by atoms with Crippen LogP contribution in [0.5, 0.6) is 0 Å². The molecule has 1 atom stereocenters. The average Bonchev–Trinajstić information content (AvgIpc) is 3.25. The van der Waals surface area contributed by atoms with Crippen LogP contribution in [0.2, 0.25) is 0 Å². The molecule has 0 saturated carbocycles. The third-order valence-corrected chi connectivity index (χ3v) is 5.32. The minimum atomic E-state index is -0.667. The summed E-state index contributed by atoms with van der Waals surface area (Å²) in [7, 11) is 0. The summed E-state index contributed by atoms with van der Waals surface area (Å²) < 4.78 is 36.0. The van der Waals surface area contributed by atoms with Gasteiger partial charge < -0.3 is 9.64 Å². The zero-order valence-corrected chi connectivity index (χ0v) is 14.7. The number of amides is 1. The lowest BCUT2D eigenvalue weighted by Gasteiger charge is -2.29. The number of ether oxygens (including phenoxy) is 1. The molecule has 4 rings (SSSR count). The molecular formula is C16H17F2N5O2S. The van der Waals surface area contributed by atoms with E-state index in [0.717, 1.165) is 11.5 Å². The van der Waals surface area contributed by atoms with Crippen molar-refractivity contribution in [3.63, 3.8) is 0 Å². The number of anilines is 2. The second kappa shape index (κ2) is 7.10. The molecule has 2 saturated heterocycles. The minimum Gasteiger partial charge on any atom is -0.442 e. The Bertz CT molecular complexity index is 775. The number of benzene rings is 1. The fourth-order valence-corrected chi connectivity index (χ4v) is 4.07. The molecule has 7 nitrogen and oxygen atoms in total. The van der Waals surface area contributed by atoms with Crippen LogP contribution in [0.3, 0.4) is 0 Å². The van der Waals surface area contributed by atoms with Crippen molar-refractivity contribution in [3.8, 4) is 0 Å². The van der Waals surface area contributed by atoms with Crippen molar-refractivity contribution >= 4 is 29.2 Å². The van der Waals surface area contributed by atoms with Crippen LogP contribution in [0.1, 0.15) is 0 Å². The topological polar surface area (TPSA) is 63.5 Å². The molecule has 0 radical (unpaired) electrons. The molecule has 138 valence electrons. The summed E-state index contributed by atoms with van der Waals surface area (Å²) in [5.41, 5.74) is 0.127. The Balaban J connectivity index is 1.53. The third-order valence-electron chi connectivity index (χ3n) is 4.38. The fraction of sp³-hybridized carbons (Fsp3) is 0.438. The van der Waals surface area contributed by atoms with Crippen LogP contribution < -0.4 is 9.80 Å². The number of hydrogen-bond donors (Lipinski definition) is 0. The number of carbonyl (C=O) groups excluding carboxylic acids is 1. The number of nitrogens with zero attached hydrogens (tertiary/aromatic N) is 5. The molecule has 2 aliphatic heterocycles. The van der Waals surface area contributed by atoms with Crippen molar-refractivity contribution in [2.75, 3.05) is 40.9 Å². The molecular weight excluding hydrogens is 364 g/mol. The largest absolute Gasteiger partial charge is 0.442 e. The van der Waals surface area contributed by atoms with Crippen molar-refractivity contribution in [2.24, 2.45) is 0 Å². The Morgan fingerprint density at radius 3 is 2.62 bits per heavy atom. The first-order chi connectivity index (χ1) is 12.6. The maximum atomic E-state index is 14.6. The van der Waals surface area contributed by atoms with E-state index in [1.807, 2.05) is 0 Å². The van der Waals surface area contributed by atoms with Gasteiger partial charge in [-0.2, -0.15) is 11.8 Å². The number of hydrogen-bond acceptors (Lipinski definition) is 6. The van der Waals surface area contributed by atoms with Crippen LogP contribution in [-0.2, 0) is 11.3 Å². The van der Waals surface area contributed by atoms with Crippen molar-refractivity contribution in [1.29, 1.82) is 0 Å². The van der Waals surface area contributed by atoms with E-state index in [1.165, 1.54) is 23.2 Å². The number of rotatable bonds is 4. The van der Waals surface area contributed by atoms with Gasteiger partial charge in [-0.25, -0.2) is 18.3 Å². The van der Waals surface area contributed by atoms with Gasteiger partial charge in [0, 0.05) is 42.9 Å². The first-order valence-corrected chi connectivity index (χ1v) is 9.41. The van der Waals surface area contributed by atoms with Crippen molar-refractivity contribution in [2.45, 2.75) is 12.6 Å². The number of aromatic nitrogens is 3. The predicted molar refractivity (Wildman–Crippen MR) is 93.5 cm³/mol. The number of cyclic esters (lactones) is 1. The Hall–Kier alpha value is -2.36. The first-order valence-electron chi connectivity index (χ1n) is 8.26. The molecule has 3 heterocycles. The lowest BCUT2D eigenvalue weighted by Crippen LogP contribution is -2.34. The van der Waals surface area contributed by atoms with Gasteiger partial charge >= 0.3 is 6.09 Å². The zero-order chi connectivity index (χ0) is 18.1. The molecule has 2 aliphatic rings. The van der Waals surface area contributed by atoms with Crippen molar-refractivity contribution in [3.05, 3.63) is 36.2 Å². The Labute approximate surface area is 152 Å². The lowest BCUT2D eigenvalue weighted by atomic mass is 10.2. The summed E-state index contributed by atoms with van der Waals surface area (Å²) >= 11 is 1.76. The highest BCUT2D eigenvalue weighted by molar-refractivity contribution is 7.99. The van der Waals surface area contributed by atoms with Gasteiger partial charge in [0.2, 0.25) is 0 Å². The van der Waals surface area contributed by atoms with Gasteiger partial charge in [0.25, 0.3) is 0 Å². The van der Waals surface area contributed by atoms with E-state index in [0.29, 0.717) is 19.6 Å². The molecule has 1 amide bonds. The summed E-state index contributed by atoms with van der Waals surface area (Å²) in [5.74, 6) is 0.338. The molecule has 1 aromatic carbocycles. The number of carbonyl (C=O) groups is 1. The first kappa shape index (κ1) is 17.1. The van der Waals surface area contributed by atoms with E-state index >= 15 is 0 Å². The summed E-state index contributed by atoms with van der Waals surface area (Å²) in [6, 6.07) is 2.39. The van der Waals surface area contributed by atoms with Gasteiger partial charge in [-0.05, 0) is 0 Å². The van der Waals surface area contributed by atoms with Crippen molar-refractivity contribution < 1.29 is 18.3 Å². The molecule has 1 aromatic heterocycles. The van der Waals surface area contributed by atoms with E-state index in [9.17, 15) is 13.6 Å². The van der Waals surface area contributed by atoms with E-state index in [4.69, 9.17) is 4.74 Å². The highest BCUT2D eigenvalue weighted by atomic mass is 32.2.